The summed E-state index contributed by atoms with van der Waals surface area (Å²) in [6.07, 6.45) is 3.36. The molecule has 2 rings (SSSR count). The smallest absolute Gasteiger partial charge is 0.101 e. The fraction of sp³-hybridized carbons (Fsp3) is 0.500. The van der Waals surface area contributed by atoms with Crippen molar-refractivity contribution in [1.29, 1.82) is 5.26 Å². The van der Waals surface area contributed by atoms with Gasteiger partial charge in [0.05, 0.1) is 17.4 Å². The van der Waals surface area contributed by atoms with E-state index < -0.39 is 0 Å². The zero-order valence-corrected chi connectivity index (χ0v) is 10.5. The maximum atomic E-state index is 8.94. The fourth-order valence-corrected chi connectivity index (χ4v) is 2.78. The highest BCUT2D eigenvalue weighted by Crippen LogP contribution is 2.12. The van der Waals surface area contributed by atoms with E-state index in [0.717, 1.165) is 18.8 Å². The summed E-state index contributed by atoms with van der Waals surface area (Å²) in [4.78, 5) is 6.48. The Balaban J connectivity index is 1.79. The van der Waals surface area contributed by atoms with Gasteiger partial charge in [-0.15, -0.1) is 0 Å². The fourth-order valence-electron chi connectivity index (χ4n) is 1.81. The number of aromatic nitrogens is 1. The molecule has 0 amide bonds. The first kappa shape index (κ1) is 12.2. The maximum absolute atomic E-state index is 8.94. The van der Waals surface area contributed by atoms with Crippen molar-refractivity contribution in [3.05, 3.63) is 24.0 Å². The Morgan fingerprint density at radius 1 is 1.47 bits per heavy atom. The Morgan fingerprint density at radius 2 is 2.29 bits per heavy atom. The van der Waals surface area contributed by atoms with Crippen LogP contribution in [0, 0.1) is 11.3 Å². The predicted molar refractivity (Wildman–Crippen MR) is 71.2 cm³/mol. The molecule has 0 aliphatic carbocycles. The van der Waals surface area contributed by atoms with Crippen molar-refractivity contribution in [2.45, 2.75) is 0 Å². The highest BCUT2D eigenvalue weighted by molar-refractivity contribution is 7.99. The molecule has 1 fully saturated rings. The van der Waals surface area contributed by atoms with Crippen LogP contribution in [0.4, 0.5) is 5.69 Å². The number of nitrogens with zero attached hydrogens (tertiary/aromatic N) is 3. The van der Waals surface area contributed by atoms with E-state index in [1.165, 1.54) is 24.6 Å². The summed E-state index contributed by atoms with van der Waals surface area (Å²) >= 11 is 2.02. The molecule has 2 heterocycles. The van der Waals surface area contributed by atoms with Crippen molar-refractivity contribution in [3.8, 4) is 6.07 Å². The summed E-state index contributed by atoms with van der Waals surface area (Å²) < 4.78 is 0. The standard InChI is InChI=1S/C12H16N4S/c13-9-11-1-2-14-10-12(11)15-3-4-16-5-7-17-8-6-16/h1-2,10,15H,3-8H2. The van der Waals surface area contributed by atoms with Crippen LogP contribution >= 0.6 is 11.8 Å². The van der Waals surface area contributed by atoms with Crippen molar-refractivity contribution in [2.24, 2.45) is 0 Å². The molecule has 0 atom stereocenters. The van der Waals surface area contributed by atoms with Crippen LogP contribution in [-0.4, -0.2) is 47.6 Å². The molecule has 5 heteroatoms. The third kappa shape index (κ3) is 3.62. The maximum Gasteiger partial charge on any atom is 0.101 e. The van der Waals surface area contributed by atoms with Crippen LogP contribution in [0.1, 0.15) is 5.56 Å². The Morgan fingerprint density at radius 3 is 3.06 bits per heavy atom. The van der Waals surface area contributed by atoms with E-state index >= 15 is 0 Å². The number of hydrogen-bond acceptors (Lipinski definition) is 5. The Bertz CT molecular complexity index is 396. The highest BCUT2D eigenvalue weighted by atomic mass is 32.2. The van der Waals surface area contributed by atoms with Gasteiger partial charge in [-0.25, -0.2) is 0 Å². The molecule has 0 aromatic carbocycles. The van der Waals surface area contributed by atoms with Crippen molar-refractivity contribution in [3.63, 3.8) is 0 Å². The number of pyridine rings is 1. The molecule has 4 nitrogen and oxygen atoms in total. The molecule has 1 aromatic heterocycles. The van der Waals surface area contributed by atoms with Gasteiger partial charge in [-0.2, -0.15) is 17.0 Å². The average Bonchev–Trinajstić information content (AvgIpc) is 2.40. The second kappa shape index (κ2) is 6.48. The lowest BCUT2D eigenvalue weighted by molar-refractivity contribution is 0.314. The summed E-state index contributed by atoms with van der Waals surface area (Å²) in [6, 6.07) is 3.90. The summed E-state index contributed by atoms with van der Waals surface area (Å²) in [5.41, 5.74) is 1.50. The molecule has 0 unspecified atom stereocenters. The number of nitriles is 1. The SMILES string of the molecule is N#Cc1ccncc1NCCN1CCSCC1. The Hall–Kier alpha value is -1.25. The van der Waals surface area contributed by atoms with Crippen LogP contribution in [0.3, 0.4) is 0 Å². The molecular weight excluding hydrogens is 232 g/mol. The molecule has 90 valence electrons. The normalized spacial score (nSPS) is 16.4. The van der Waals surface area contributed by atoms with Gasteiger partial charge < -0.3 is 5.32 Å². The second-order valence-corrected chi connectivity index (χ2v) is 5.14. The first-order valence-corrected chi connectivity index (χ1v) is 6.93. The molecule has 1 saturated heterocycles. The minimum absolute atomic E-state index is 0.661. The molecule has 17 heavy (non-hydrogen) atoms. The van der Waals surface area contributed by atoms with E-state index in [-0.39, 0.29) is 0 Å². The monoisotopic (exact) mass is 248 g/mol. The van der Waals surface area contributed by atoms with Crippen LogP contribution in [0.15, 0.2) is 18.5 Å². The molecule has 0 radical (unpaired) electrons. The number of rotatable bonds is 4. The molecule has 0 saturated carbocycles. The molecule has 1 aromatic rings. The van der Waals surface area contributed by atoms with Crippen molar-refractivity contribution >= 4 is 17.4 Å². The van der Waals surface area contributed by atoms with Gasteiger partial charge in [-0.05, 0) is 6.07 Å². The van der Waals surface area contributed by atoms with Gasteiger partial charge in [0.15, 0.2) is 0 Å². The van der Waals surface area contributed by atoms with E-state index in [1.54, 1.807) is 18.5 Å². The average molecular weight is 248 g/mol. The van der Waals surface area contributed by atoms with Crippen LogP contribution in [0.25, 0.3) is 0 Å². The van der Waals surface area contributed by atoms with Gasteiger partial charge >= 0.3 is 0 Å². The second-order valence-electron chi connectivity index (χ2n) is 3.91. The predicted octanol–water partition coefficient (Wildman–Crippen LogP) is 1.41. The van der Waals surface area contributed by atoms with Gasteiger partial charge in [-0.3, -0.25) is 9.88 Å². The van der Waals surface area contributed by atoms with Crippen molar-refractivity contribution in [1.82, 2.24) is 9.88 Å². The van der Waals surface area contributed by atoms with Gasteiger partial charge in [-0.1, -0.05) is 0 Å². The van der Waals surface area contributed by atoms with Crippen LogP contribution in [0.5, 0.6) is 0 Å². The summed E-state index contributed by atoms with van der Waals surface area (Å²) in [6.45, 7) is 4.24. The van der Waals surface area contributed by atoms with Crippen LogP contribution in [0.2, 0.25) is 0 Å². The first-order valence-electron chi connectivity index (χ1n) is 5.78. The largest absolute Gasteiger partial charge is 0.381 e. The molecule has 1 aliphatic rings. The van der Waals surface area contributed by atoms with E-state index in [4.69, 9.17) is 5.26 Å². The Labute approximate surface area is 106 Å². The molecule has 1 N–H and O–H groups in total. The third-order valence-corrected chi connectivity index (χ3v) is 3.73. The summed E-state index contributed by atoms with van der Waals surface area (Å²) in [5.74, 6) is 2.46. The molecule has 0 bridgehead atoms. The van der Waals surface area contributed by atoms with Gasteiger partial charge in [0.25, 0.3) is 0 Å². The third-order valence-electron chi connectivity index (χ3n) is 2.79. The zero-order valence-electron chi connectivity index (χ0n) is 9.72. The summed E-state index contributed by atoms with van der Waals surface area (Å²) in [5, 5.41) is 12.2. The minimum Gasteiger partial charge on any atom is -0.381 e. The van der Waals surface area contributed by atoms with Crippen molar-refractivity contribution < 1.29 is 0 Å². The number of thioether (sulfide) groups is 1. The first-order chi connectivity index (χ1) is 8.40. The van der Waals surface area contributed by atoms with E-state index in [1.807, 2.05) is 11.8 Å². The number of hydrogen-bond donors (Lipinski definition) is 1. The van der Waals surface area contributed by atoms with E-state index in [2.05, 4.69) is 21.3 Å². The van der Waals surface area contributed by atoms with Gasteiger partial charge in [0.1, 0.15) is 6.07 Å². The quantitative estimate of drug-likeness (QED) is 0.873. The van der Waals surface area contributed by atoms with E-state index in [0.29, 0.717) is 5.56 Å². The Kier molecular flexibility index (Phi) is 4.65. The molecule has 0 spiro atoms. The number of nitrogens with one attached hydrogen (secondary N) is 1. The minimum atomic E-state index is 0.661. The van der Waals surface area contributed by atoms with Crippen LogP contribution in [-0.2, 0) is 0 Å². The molecule has 1 aliphatic heterocycles. The van der Waals surface area contributed by atoms with E-state index in [9.17, 15) is 0 Å². The topological polar surface area (TPSA) is 52.0 Å². The lowest BCUT2D eigenvalue weighted by atomic mass is 10.2. The van der Waals surface area contributed by atoms with Crippen LogP contribution < -0.4 is 5.32 Å². The molecular formula is C12H16N4S. The number of anilines is 1. The summed E-state index contributed by atoms with van der Waals surface area (Å²) in [7, 11) is 0. The lowest BCUT2D eigenvalue weighted by Gasteiger charge is -2.26. The van der Waals surface area contributed by atoms with Gasteiger partial charge in [0.2, 0.25) is 0 Å². The highest BCUT2D eigenvalue weighted by Gasteiger charge is 2.09. The zero-order chi connectivity index (χ0) is 11.9. The van der Waals surface area contributed by atoms with Gasteiger partial charge in [0, 0.05) is 43.9 Å². The lowest BCUT2D eigenvalue weighted by Crippen LogP contribution is -2.36. The van der Waals surface area contributed by atoms with Crippen molar-refractivity contribution in [2.75, 3.05) is 43.0 Å².